The minimum absolute atomic E-state index is 0.0108. The molecular weight excluding hydrogens is 546 g/mol. The topological polar surface area (TPSA) is 111 Å². The van der Waals surface area contributed by atoms with Crippen molar-refractivity contribution in [3.8, 4) is 17.6 Å². The Hall–Kier alpha value is -4.36. The van der Waals surface area contributed by atoms with Crippen LogP contribution in [0.3, 0.4) is 0 Å². The Morgan fingerprint density at radius 2 is 1.67 bits per heavy atom. The smallest absolute Gasteiger partial charge is 0.255 e. The van der Waals surface area contributed by atoms with Crippen molar-refractivity contribution in [3.05, 3.63) is 64.7 Å². The number of amides is 4. The fraction of sp³-hybridized carbons (Fsp3) is 0.455. The first kappa shape index (κ1) is 30.1. The Morgan fingerprint density at radius 3 is 2.37 bits per heavy atom. The number of carbonyl (C=O) groups excluding carboxylic acids is 4. The number of piperazine rings is 1. The number of carbonyl (C=O) groups is 4. The van der Waals surface area contributed by atoms with Crippen LogP contribution in [-0.4, -0.2) is 97.3 Å². The number of hydrogen-bond acceptors (Lipinski definition) is 6. The van der Waals surface area contributed by atoms with E-state index in [2.05, 4.69) is 27.4 Å². The van der Waals surface area contributed by atoms with Crippen molar-refractivity contribution in [2.45, 2.75) is 50.7 Å². The fourth-order valence-electron chi connectivity index (χ4n) is 5.95. The summed E-state index contributed by atoms with van der Waals surface area (Å²) in [6.45, 7) is 4.71. The Bertz CT molecular complexity index is 1420. The predicted molar refractivity (Wildman–Crippen MR) is 161 cm³/mol. The summed E-state index contributed by atoms with van der Waals surface area (Å²) >= 11 is 0. The Kier molecular flexibility index (Phi) is 9.62. The molecule has 0 aliphatic carbocycles. The molecule has 4 amide bonds. The van der Waals surface area contributed by atoms with Gasteiger partial charge in [0, 0.05) is 49.4 Å². The summed E-state index contributed by atoms with van der Waals surface area (Å²) < 4.78 is 5.05. The van der Waals surface area contributed by atoms with E-state index in [0.717, 1.165) is 42.8 Å². The third-order valence-electron chi connectivity index (χ3n) is 8.44. The minimum Gasteiger partial charge on any atom is -0.497 e. The van der Waals surface area contributed by atoms with E-state index in [1.807, 2.05) is 17.0 Å². The second kappa shape index (κ2) is 13.7. The molecule has 1 atom stereocenters. The van der Waals surface area contributed by atoms with Gasteiger partial charge in [0.15, 0.2) is 6.04 Å². The van der Waals surface area contributed by atoms with Crippen LogP contribution in [0.5, 0.6) is 5.75 Å². The van der Waals surface area contributed by atoms with E-state index in [1.54, 1.807) is 49.4 Å². The molecule has 1 unspecified atom stereocenters. The molecule has 0 saturated carbocycles. The highest BCUT2D eigenvalue weighted by atomic mass is 16.5. The quantitative estimate of drug-likeness (QED) is 0.534. The number of rotatable bonds is 3. The summed E-state index contributed by atoms with van der Waals surface area (Å²) in [7, 11) is 3.40. The van der Waals surface area contributed by atoms with Crippen molar-refractivity contribution in [2.75, 3.05) is 46.9 Å². The molecule has 2 N–H and O–H groups in total. The molecule has 43 heavy (non-hydrogen) atoms. The van der Waals surface area contributed by atoms with Crippen molar-refractivity contribution < 1.29 is 23.9 Å². The van der Waals surface area contributed by atoms with E-state index in [0.29, 0.717) is 23.7 Å². The Balaban J connectivity index is 0.000000235. The number of likely N-dealkylation sites (tertiary alicyclic amines) is 2. The van der Waals surface area contributed by atoms with Gasteiger partial charge in [0.2, 0.25) is 5.91 Å². The zero-order valence-corrected chi connectivity index (χ0v) is 24.9. The molecule has 2 aromatic carbocycles. The molecule has 0 aromatic heterocycles. The van der Waals surface area contributed by atoms with Gasteiger partial charge in [-0.15, -0.1) is 0 Å². The van der Waals surface area contributed by atoms with Crippen LogP contribution in [0.15, 0.2) is 42.5 Å². The molecule has 226 valence electrons. The minimum atomic E-state index is -0.839. The summed E-state index contributed by atoms with van der Waals surface area (Å²) in [5, 5.41) is 5.04. The van der Waals surface area contributed by atoms with Gasteiger partial charge in [-0.2, -0.15) is 0 Å². The number of fused-ring (bicyclic) bond motifs is 1. The molecule has 10 heteroatoms. The van der Waals surface area contributed by atoms with E-state index in [-0.39, 0.29) is 30.2 Å². The van der Waals surface area contributed by atoms with Gasteiger partial charge >= 0.3 is 0 Å². The average molecular weight is 586 g/mol. The summed E-state index contributed by atoms with van der Waals surface area (Å²) in [4.78, 5) is 53.7. The van der Waals surface area contributed by atoms with Gasteiger partial charge in [0.05, 0.1) is 13.7 Å². The number of methoxy groups -OCH3 is 1. The lowest BCUT2D eigenvalue weighted by atomic mass is 9.99. The van der Waals surface area contributed by atoms with Gasteiger partial charge in [-0.05, 0) is 80.7 Å². The van der Waals surface area contributed by atoms with Crippen molar-refractivity contribution in [2.24, 2.45) is 0 Å². The second-order valence-electron chi connectivity index (χ2n) is 11.4. The largest absolute Gasteiger partial charge is 0.497 e. The molecule has 3 fully saturated rings. The maximum absolute atomic E-state index is 12.9. The van der Waals surface area contributed by atoms with Gasteiger partial charge in [0.25, 0.3) is 17.7 Å². The highest BCUT2D eigenvalue weighted by Gasteiger charge is 2.28. The molecule has 10 nitrogen and oxygen atoms in total. The second-order valence-corrected chi connectivity index (χ2v) is 11.4. The van der Waals surface area contributed by atoms with Crippen LogP contribution in [0.25, 0.3) is 0 Å². The van der Waals surface area contributed by atoms with Crippen molar-refractivity contribution in [1.29, 1.82) is 0 Å². The molecule has 4 aliphatic heterocycles. The monoisotopic (exact) mass is 585 g/mol. The van der Waals surface area contributed by atoms with E-state index in [9.17, 15) is 19.2 Å². The molecule has 6 rings (SSSR count). The standard InChI is InChI=1S/C23H28N4O3.C10H11NO2/c28-21-16-24-22(29)20(25-21)9-6-17-4-7-18(8-5-17)23(30)27-14-10-19(11-15-27)26-12-2-1-3-13-26;1-11-6-7-3-4-8(13-2)5-9(7)10(11)12/h4-5,7-8,19-20H,1-3,10-16H2,(H,24,29)(H,25,28);3-5H,6H2,1-2H3. The number of benzene rings is 2. The molecule has 0 spiro atoms. The van der Waals surface area contributed by atoms with Gasteiger partial charge < -0.3 is 30.1 Å². The zero-order valence-electron chi connectivity index (χ0n) is 24.9. The first-order valence-electron chi connectivity index (χ1n) is 15.0. The summed E-state index contributed by atoms with van der Waals surface area (Å²) in [6, 6.07) is 12.5. The van der Waals surface area contributed by atoms with Crippen LogP contribution < -0.4 is 15.4 Å². The molecule has 0 bridgehead atoms. The third kappa shape index (κ3) is 7.35. The van der Waals surface area contributed by atoms with E-state index >= 15 is 0 Å². The fourth-order valence-corrected chi connectivity index (χ4v) is 5.95. The van der Waals surface area contributed by atoms with E-state index in [1.165, 1.54) is 32.4 Å². The van der Waals surface area contributed by atoms with E-state index < -0.39 is 6.04 Å². The van der Waals surface area contributed by atoms with E-state index in [4.69, 9.17) is 4.74 Å². The van der Waals surface area contributed by atoms with Crippen molar-refractivity contribution >= 4 is 23.6 Å². The average Bonchev–Trinajstić information content (AvgIpc) is 3.34. The van der Waals surface area contributed by atoms with Crippen LogP contribution in [-0.2, 0) is 16.1 Å². The Labute approximate surface area is 252 Å². The SMILES string of the molecule is COc1ccc2c(c1)C(=O)N(C)C2.O=C1CNC(=O)C(C#Cc2ccc(C(=O)N3CCC(N4CCCCC4)CC3)cc2)N1. The molecule has 4 aliphatic rings. The summed E-state index contributed by atoms with van der Waals surface area (Å²) in [5.74, 6) is 5.99. The number of piperidine rings is 2. The number of hydrogen-bond donors (Lipinski definition) is 2. The molecule has 0 radical (unpaired) electrons. The van der Waals surface area contributed by atoms with Crippen molar-refractivity contribution in [3.63, 3.8) is 0 Å². The maximum Gasteiger partial charge on any atom is 0.255 e. The van der Waals surface area contributed by atoms with Gasteiger partial charge in [-0.1, -0.05) is 24.3 Å². The highest BCUT2D eigenvalue weighted by molar-refractivity contribution is 5.98. The number of nitrogens with one attached hydrogen (secondary N) is 2. The highest BCUT2D eigenvalue weighted by Crippen LogP contribution is 2.25. The lowest BCUT2D eigenvalue weighted by molar-refractivity contribution is -0.132. The normalized spacial score (nSPS) is 20.6. The zero-order chi connectivity index (χ0) is 30.3. The van der Waals surface area contributed by atoms with Crippen LogP contribution in [0, 0.1) is 11.8 Å². The molecular formula is C33H39N5O5. The number of nitrogens with zero attached hydrogens (tertiary/aromatic N) is 3. The first-order chi connectivity index (χ1) is 20.8. The molecule has 4 heterocycles. The lowest BCUT2D eigenvalue weighted by Crippen LogP contribution is -2.55. The number of ether oxygens (including phenoxy) is 1. The van der Waals surface area contributed by atoms with Crippen molar-refractivity contribution in [1.82, 2.24) is 25.3 Å². The lowest BCUT2D eigenvalue weighted by Gasteiger charge is -2.40. The van der Waals surface area contributed by atoms with Crippen LogP contribution >= 0.6 is 0 Å². The van der Waals surface area contributed by atoms with Gasteiger partial charge in [0.1, 0.15) is 5.75 Å². The molecule has 2 aromatic rings. The summed E-state index contributed by atoms with van der Waals surface area (Å²) in [5.41, 5.74) is 3.19. The van der Waals surface area contributed by atoms with Crippen LogP contribution in [0.1, 0.15) is 63.9 Å². The Morgan fingerprint density at radius 1 is 0.953 bits per heavy atom. The van der Waals surface area contributed by atoms with Crippen LogP contribution in [0.4, 0.5) is 0 Å². The third-order valence-corrected chi connectivity index (χ3v) is 8.44. The van der Waals surface area contributed by atoms with Gasteiger partial charge in [-0.3, -0.25) is 19.2 Å². The van der Waals surface area contributed by atoms with Gasteiger partial charge in [-0.25, -0.2) is 0 Å². The predicted octanol–water partition coefficient (Wildman–Crippen LogP) is 2.02. The van der Waals surface area contributed by atoms with Crippen LogP contribution in [0.2, 0.25) is 0 Å². The summed E-state index contributed by atoms with van der Waals surface area (Å²) in [6.07, 6.45) is 6.03. The maximum atomic E-state index is 12.9. The molecule has 3 saturated heterocycles. The first-order valence-corrected chi connectivity index (χ1v) is 15.0.